The van der Waals surface area contributed by atoms with Crippen LogP contribution >= 0.6 is 0 Å². The third-order valence-electron chi connectivity index (χ3n) is 2.57. The highest BCUT2D eigenvalue weighted by Gasteiger charge is 2.03. The van der Waals surface area contributed by atoms with Crippen molar-refractivity contribution in [3.05, 3.63) is 12.5 Å². The van der Waals surface area contributed by atoms with Crippen LogP contribution in [0.1, 0.15) is 32.6 Å². The molecule has 0 saturated carbocycles. The molecule has 2 aromatic heterocycles. The van der Waals surface area contributed by atoms with Crippen molar-refractivity contribution in [2.24, 2.45) is 0 Å². The smallest absolute Gasteiger partial charge is 0.160 e. The van der Waals surface area contributed by atoms with Gasteiger partial charge in [-0.1, -0.05) is 26.2 Å². The molecule has 5 nitrogen and oxygen atoms in total. The summed E-state index contributed by atoms with van der Waals surface area (Å²) < 4.78 is 0. The molecule has 0 aromatic carbocycles. The Kier molecular flexibility index (Phi) is 3.69. The number of rotatable bonds is 6. The fourth-order valence-electron chi connectivity index (χ4n) is 1.66. The van der Waals surface area contributed by atoms with Crippen molar-refractivity contribution < 1.29 is 0 Å². The summed E-state index contributed by atoms with van der Waals surface area (Å²) in [6.45, 7) is 3.17. The Bertz CT molecular complexity index is 437. The average molecular weight is 219 g/mol. The maximum atomic E-state index is 4.21. The molecule has 86 valence electrons. The van der Waals surface area contributed by atoms with Gasteiger partial charge in [0, 0.05) is 6.54 Å². The Balaban J connectivity index is 1.91. The molecule has 16 heavy (non-hydrogen) atoms. The van der Waals surface area contributed by atoms with E-state index in [2.05, 4.69) is 32.4 Å². The summed E-state index contributed by atoms with van der Waals surface area (Å²) >= 11 is 0. The number of H-pyrrole nitrogens is 1. The maximum absolute atomic E-state index is 4.21. The summed E-state index contributed by atoms with van der Waals surface area (Å²) in [6.07, 6.45) is 8.31. The number of anilines is 1. The molecule has 0 radical (unpaired) electrons. The van der Waals surface area contributed by atoms with Crippen molar-refractivity contribution in [1.29, 1.82) is 0 Å². The monoisotopic (exact) mass is 219 g/mol. The first-order valence-corrected chi connectivity index (χ1v) is 5.79. The molecule has 2 heterocycles. The summed E-state index contributed by atoms with van der Waals surface area (Å²) in [5, 5.41) is 11.1. The molecule has 0 unspecified atom stereocenters. The van der Waals surface area contributed by atoms with Crippen molar-refractivity contribution in [3.8, 4) is 0 Å². The molecule has 0 bridgehead atoms. The number of hydrogen-bond acceptors (Lipinski definition) is 4. The maximum Gasteiger partial charge on any atom is 0.160 e. The Morgan fingerprint density at radius 3 is 3.06 bits per heavy atom. The van der Waals surface area contributed by atoms with Crippen LogP contribution in [-0.4, -0.2) is 26.7 Å². The minimum atomic E-state index is 0.783. The third kappa shape index (κ3) is 2.48. The second kappa shape index (κ2) is 5.44. The van der Waals surface area contributed by atoms with Crippen molar-refractivity contribution in [3.63, 3.8) is 0 Å². The van der Waals surface area contributed by atoms with Crippen molar-refractivity contribution in [2.75, 3.05) is 11.9 Å². The van der Waals surface area contributed by atoms with Crippen LogP contribution in [0.5, 0.6) is 0 Å². The fourth-order valence-corrected chi connectivity index (χ4v) is 1.66. The Labute approximate surface area is 94.7 Å². The lowest BCUT2D eigenvalue weighted by Gasteiger charge is -2.05. The summed E-state index contributed by atoms with van der Waals surface area (Å²) in [7, 11) is 0. The van der Waals surface area contributed by atoms with E-state index in [9.17, 15) is 0 Å². The van der Waals surface area contributed by atoms with Crippen LogP contribution in [0.25, 0.3) is 11.0 Å². The van der Waals surface area contributed by atoms with Gasteiger partial charge in [-0.15, -0.1) is 0 Å². The Morgan fingerprint density at radius 1 is 1.25 bits per heavy atom. The van der Waals surface area contributed by atoms with Crippen molar-refractivity contribution in [1.82, 2.24) is 20.2 Å². The highest BCUT2D eigenvalue weighted by Crippen LogP contribution is 2.15. The van der Waals surface area contributed by atoms with Crippen molar-refractivity contribution in [2.45, 2.75) is 32.6 Å². The van der Waals surface area contributed by atoms with Gasteiger partial charge in [0.1, 0.15) is 12.1 Å². The quantitative estimate of drug-likeness (QED) is 0.732. The zero-order valence-corrected chi connectivity index (χ0v) is 9.53. The second-order valence-corrected chi connectivity index (χ2v) is 3.84. The molecule has 0 spiro atoms. The Hall–Kier alpha value is -1.65. The minimum absolute atomic E-state index is 0.783. The van der Waals surface area contributed by atoms with Gasteiger partial charge in [-0.2, -0.15) is 5.10 Å². The molecule has 0 atom stereocenters. The number of nitrogens with one attached hydrogen (secondary N) is 2. The van der Waals surface area contributed by atoms with E-state index in [-0.39, 0.29) is 0 Å². The lowest BCUT2D eigenvalue weighted by atomic mass is 10.2. The molecular formula is C11H17N5. The second-order valence-electron chi connectivity index (χ2n) is 3.84. The molecule has 2 aromatic rings. The van der Waals surface area contributed by atoms with Crippen molar-refractivity contribution >= 4 is 16.9 Å². The van der Waals surface area contributed by atoms with E-state index in [0.717, 1.165) is 23.4 Å². The van der Waals surface area contributed by atoms with Gasteiger partial charge >= 0.3 is 0 Å². The first kappa shape index (κ1) is 10.9. The topological polar surface area (TPSA) is 66.5 Å². The molecule has 0 aliphatic heterocycles. The van der Waals surface area contributed by atoms with E-state index >= 15 is 0 Å². The average Bonchev–Trinajstić information content (AvgIpc) is 2.77. The van der Waals surface area contributed by atoms with Crippen LogP contribution in [0.3, 0.4) is 0 Å². The van der Waals surface area contributed by atoms with Gasteiger partial charge in [0.15, 0.2) is 5.65 Å². The number of aromatic nitrogens is 4. The number of nitrogens with zero attached hydrogens (tertiary/aromatic N) is 3. The highest BCUT2D eigenvalue weighted by atomic mass is 15.2. The van der Waals surface area contributed by atoms with E-state index in [1.165, 1.54) is 25.7 Å². The van der Waals surface area contributed by atoms with Gasteiger partial charge < -0.3 is 5.32 Å². The molecule has 0 saturated heterocycles. The first-order valence-electron chi connectivity index (χ1n) is 5.79. The lowest BCUT2D eigenvalue weighted by molar-refractivity contribution is 0.684. The summed E-state index contributed by atoms with van der Waals surface area (Å²) in [5.74, 6) is 0.871. The summed E-state index contributed by atoms with van der Waals surface area (Å²) in [4.78, 5) is 8.31. The van der Waals surface area contributed by atoms with Crippen LogP contribution in [-0.2, 0) is 0 Å². The zero-order valence-electron chi connectivity index (χ0n) is 9.53. The van der Waals surface area contributed by atoms with Crippen LogP contribution in [0.4, 0.5) is 5.82 Å². The summed E-state index contributed by atoms with van der Waals surface area (Å²) in [6, 6.07) is 0. The molecule has 0 fully saturated rings. The normalized spacial score (nSPS) is 10.8. The molecular weight excluding hydrogens is 202 g/mol. The van der Waals surface area contributed by atoms with E-state index < -0.39 is 0 Å². The van der Waals surface area contributed by atoms with E-state index in [1.807, 2.05) is 0 Å². The van der Waals surface area contributed by atoms with Gasteiger partial charge in [-0.05, 0) is 6.42 Å². The van der Waals surface area contributed by atoms with Crippen LogP contribution in [0.15, 0.2) is 12.5 Å². The van der Waals surface area contributed by atoms with Gasteiger partial charge in [0.25, 0.3) is 0 Å². The molecule has 0 aliphatic rings. The van der Waals surface area contributed by atoms with Crippen LogP contribution in [0, 0.1) is 0 Å². The number of fused-ring (bicyclic) bond motifs is 1. The van der Waals surface area contributed by atoms with E-state index in [1.54, 1.807) is 12.5 Å². The van der Waals surface area contributed by atoms with Crippen LogP contribution in [0.2, 0.25) is 0 Å². The van der Waals surface area contributed by atoms with Gasteiger partial charge in [0.05, 0.1) is 11.6 Å². The highest BCUT2D eigenvalue weighted by molar-refractivity contribution is 5.85. The zero-order chi connectivity index (χ0) is 11.2. The summed E-state index contributed by atoms with van der Waals surface area (Å²) in [5.41, 5.74) is 0.783. The predicted octanol–water partition coefficient (Wildman–Crippen LogP) is 2.35. The Morgan fingerprint density at radius 2 is 2.19 bits per heavy atom. The van der Waals surface area contributed by atoms with E-state index in [0.29, 0.717) is 0 Å². The van der Waals surface area contributed by atoms with Crippen LogP contribution < -0.4 is 5.32 Å². The third-order valence-corrected chi connectivity index (χ3v) is 2.57. The van der Waals surface area contributed by atoms with Gasteiger partial charge in [-0.25, -0.2) is 9.97 Å². The lowest BCUT2D eigenvalue weighted by Crippen LogP contribution is -2.03. The first-order chi connectivity index (χ1) is 7.92. The molecule has 0 amide bonds. The predicted molar refractivity (Wildman–Crippen MR) is 64.3 cm³/mol. The molecule has 2 N–H and O–H groups in total. The fraction of sp³-hybridized carbons (Fsp3) is 0.545. The largest absolute Gasteiger partial charge is 0.369 e. The standard InChI is InChI=1S/C11H17N5/c1-2-3-4-5-6-12-10-9-7-15-16-11(9)14-8-13-10/h7-8H,2-6H2,1H3,(H2,12,13,14,15,16). The number of unbranched alkanes of at least 4 members (excludes halogenated alkanes) is 3. The molecule has 0 aliphatic carbocycles. The van der Waals surface area contributed by atoms with Gasteiger partial charge in [0.2, 0.25) is 0 Å². The minimum Gasteiger partial charge on any atom is -0.369 e. The van der Waals surface area contributed by atoms with E-state index in [4.69, 9.17) is 0 Å². The number of hydrogen-bond donors (Lipinski definition) is 2. The molecule has 2 rings (SSSR count). The number of aromatic amines is 1. The SMILES string of the molecule is CCCCCCNc1ncnc2[nH]ncc12. The van der Waals surface area contributed by atoms with Gasteiger partial charge in [-0.3, -0.25) is 5.10 Å². The molecule has 5 heteroatoms.